The topological polar surface area (TPSA) is 125 Å². The van der Waals surface area contributed by atoms with Gasteiger partial charge in [0, 0.05) is 32.0 Å². The van der Waals surface area contributed by atoms with E-state index in [0.717, 1.165) is 10.8 Å². The molecule has 0 bridgehead atoms. The largest absolute Gasteiger partial charge is 0.340 e. The summed E-state index contributed by atoms with van der Waals surface area (Å²) >= 11 is 0. The number of amides is 1. The van der Waals surface area contributed by atoms with Crippen LogP contribution >= 0.6 is 0 Å². The predicted molar refractivity (Wildman–Crippen MR) is 108 cm³/mol. The summed E-state index contributed by atoms with van der Waals surface area (Å²) < 4.78 is 27.8. The predicted octanol–water partition coefficient (Wildman–Crippen LogP) is 1.55. The minimum Gasteiger partial charge on any atom is -0.340 e. The third kappa shape index (κ3) is 4.86. The van der Waals surface area contributed by atoms with Gasteiger partial charge in [-0.3, -0.25) is 10.0 Å². The van der Waals surface area contributed by atoms with Gasteiger partial charge in [-0.2, -0.15) is 0 Å². The lowest BCUT2D eigenvalue weighted by atomic mass is 10.1. The molecule has 0 saturated heterocycles. The smallest absolute Gasteiger partial charge is 0.277 e. The molecule has 0 aliphatic heterocycles. The Morgan fingerprint density at radius 3 is 2.45 bits per heavy atom. The molecule has 0 aliphatic carbocycles. The van der Waals surface area contributed by atoms with E-state index in [1.807, 2.05) is 31.2 Å². The van der Waals surface area contributed by atoms with Crippen LogP contribution in [0.3, 0.4) is 0 Å². The number of nitrogens with one attached hydrogen (secondary N) is 2. The fourth-order valence-corrected chi connectivity index (χ4v) is 3.85. The number of fused-ring (bicyclic) bond motifs is 1. The van der Waals surface area contributed by atoms with Crippen molar-refractivity contribution in [2.75, 3.05) is 24.5 Å². The highest BCUT2D eigenvalue weighted by molar-refractivity contribution is 7.89. The summed E-state index contributed by atoms with van der Waals surface area (Å²) in [5.41, 5.74) is 1.63. The number of likely N-dealkylation sites (N-methyl/N-ethyl adjacent to an activating group) is 1. The van der Waals surface area contributed by atoms with Gasteiger partial charge in [-0.1, -0.05) is 30.3 Å². The van der Waals surface area contributed by atoms with Crippen LogP contribution in [0.15, 0.2) is 59.8 Å². The van der Waals surface area contributed by atoms with Crippen LogP contribution in [-0.4, -0.2) is 49.1 Å². The Morgan fingerprint density at radius 2 is 1.79 bits per heavy atom. The summed E-state index contributed by atoms with van der Waals surface area (Å²) in [4.78, 5) is 21.5. The first-order valence-electron chi connectivity index (χ1n) is 8.94. The Morgan fingerprint density at radius 1 is 1.10 bits per heavy atom. The zero-order valence-electron chi connectivity index (χ0n) is 15.7. The van der Waals surface area contributed by atoms with Crippen molar-refractivity contribution in [3.63, 3.8) is 0 Å². The number of hydroxylamine groups is 1. The molecule has 0 atom stereocenters. The molecule has 0 saturated carbocycles. The van der Waals surface area contributed by atoms with Crippen LogP contribution in [0.25, 0.3) is 10.8 Å². The summed E-state index contributed by atoms with van der Waals surface area (Å²) in [6, 6.07) is 12.6. The number of rotatable bonds is 8. The molecule has 1 heterocycles. The number of aromatic nitrogens is 2. The van der Waals surface area contributed by atoms with Crippen molar-refractivity contribution in [1.82, 2.24) is 20.2 Å². The van der Waals surface area contributed by atoms with E-state index in [4.69, 9.17) is 5.21 Å². The minimum atomic E-state index is -3.66. The van der Waals surface area contributed by atoms with Crippen LogP contribution in [0.5, 0.6) is 0 Å². The molecular weight excluding hydrogens is 394 g/mol. The Balaban J connectivity index is 1.65. The number of sulfonamides is 1. The van der Waals surface area contributed by atoms with E-state index < -0.39 is 15.9 Å². The SMILES string of the molecule is CCN(CCNS(=O)(=O)c1ccc2ccccc2c1)c1ncc(C(=O)NO)cn1. The number of carbonyl (C=O) groups is 1. The summed E-state index contributed by atoms with van der Waals surface area (Å²) in [6.45, 7) is 2.93. The maximum absolute atomic E-state index is 12.6. The molecule has 0 fully saturated rings. The van der Waals surface area contributed by atoms with Crippen molar-refractivity contribution in [2.24, 2.45) is 0 Å². The highest BCUT2D eigenvalue weighted by Gasteiger charge is 2.16. The van der Waals surface area contributed by atoms with Crippen LogP contribution in [0, 0.1) is 0 Å². The molecule has 0 spiro atoms. The summed E-state index contributed by atoms with van der Waals surface area (Å²) in [6.07, 6.45) is 2.57. The lowest BCUT2D eigenvalue weighted by molar-refractivity contribution is 0.0705. The first kappa shape index (κ1) is 20.6. The van der Waals surface area contributed by atoms with Gasteiger partial charge in [0.05, 0.1) is 10.5 Å². The van der Waals surface area contributed by atoms with Crippen molar-refractivity contribution in [1.29, 1.82) is 0 Å². The van der Waals surface area contributed by atoms with Gasteiger partial charge < -0.3 is 4.90 Å². The lowest BCUT2D eigenvalue weighted by Crippen LogP contribution is -2.35. The molecule has 3 rings (SSSR count). The summed E-state index contributed by atoms with van der Waals surface area (Å²) in [5, 5.41) is 10.5. The molecule has 10 heteroatoms. The summed E-state index contributed by atoms with van der Waals surface area (Å²) in [7, 11) is -3.66. The molecule has 9 nitrogen and oxygen atoms in total. The van der Waals surface area contributed by atoms with Crippen LogP contribution in [0.2, 0.25) is 0 Å². The van der Waals surface area contributed by atoms with Crippen LogP contribution < -0.4 is 15.1 Å². The molecule has 1 amide bonds. The highest BCUT2D eigenvalue weighted by Crippen LogP contribution is 2.18. The molecule has 0 radical (unpaired) electrons. The molecule has 2 aromatic carbocycles. The van der Waals surface area contributed by atoms with Gasteiger partial charge in [-0.25, -0.2) is 28.6 Å². The van der Waals surface area contributed by atoms with E-state index in [9.17, 15) is 13.2 Å². The molecule has 0 unspecified atom stereocenters. The highest BCUT2D eigenvalue weighted by atomic mass is 32.2. The maximum atomic E-state index is 12.6. The van der Waals surface area contributed by atoms with Crippen molar-refractivity contribution in [2.45, 2.75) is 11.8 Å². The second kappa shape index (κ2) is 8.95. The van der Waals surface area contributed by atoms with E-state index in [2.05, 4.69) is 14.7 Å². The number of carbonyl (C=O) groups excluding carboxylic acids is 1. The van der Waals surface area contributed by atoms with Gasteiger partial charge in [0.1, 0.15) is 0 Å². The van der Waals surface area contributed by atoms with Gasteiger partial charge in [-0.15, -0.1) is 0 Å². The van der Waals surface area contributed by atoms with Crippen LogP contribution in [0.1, 0.15) is 17.3 Å². The minimum absolute atomic E-state index is 0.115. The van der Waals surface area contributed by atoms with Gasteiger partial charge in [0.2, 0.25) is 16.0 Å². The lowest BCUT2D eigenvalue weighted by Gasteiger charge is -2.20. The number of nitrogens with zero attached hydrogens (tertiary/aromatic N) is 3. The fourth-order valence-electron chi connectivity index (χ4n) is 2.80. The average Bonchev–Trinajstić information content (AvgIpc) is 2.76. The standard InChI is InChI=1S/C19H21N5O4S/c1-2-24(19-20-12-16(13-21-19)18(25)23-26)10-9-22-29(27,28)17-8-7-14-5-3-4-6-15(14)11-17/h3-8,11-13,22,26H,2,9-10H2,1H3,(H,23,25). The second-order valence-electron chi connectivity index (χ2n) is 6.20. The number of hydrogen-bond donors (Lipinski definition) is 3. The summed E-state index contributed by atoms with van der Waals surface area (Å²) in [5.74, 6) is -0.352. The Bertz CT molecular complexity index is 1100. The third-order valence-corrected chi connectivity index (χ3v) is 5.83. The molecule has 1 aromatic heterocycles. The molecule has 3 aromatic rings. The normalized spacial score (nSPS) is 11.4. The van der Waals surface area contributed by atoms with Crippen LogP contribution in [0.4, 0.5) is 5.95 Å². The second-order valence-corrected chi connectivity index (χ2v) is 7.97. The fraction of sp³-hybridized carbons (Fsp3) is 0.211. The van der Waals surface area contributed by atoms with Gasteiger partial charge in [0.25, 0.3) is 5.91 Å². The quantitative estimate of drug-likeness (QED) is 0.377. The first-order chi connectivity index (χ1) is 13.9. The molecule has 29 heavy (non-hydrogen) atoms. The van der Waals surface area contributed by atoms with Crippen molar-refractivity contribution < 1.29 is 18.4 Å². The Kier molecular flexibility index (Phi) is 6.37. The maximum Gasteiger partial charge on any atom is 0.277 e. The monoisotopic (exact) mass is 415 g/mol. The van der Waals surface area contributed by atoms with E-state index in [0.29, 0.717) is 19.0 Å². The zero-order valence-corrected chi connectivity index (χ0v) is 16.6. The van der Waals surface area contributed by atoms with Gasteiger partial charge >= 0.3 is 0 Å². The van der Waals surface area contributed by atoms with E-state index in [1.54, 1.807) is 23.1 Å². The van der Waals surface area contributed by atoms with Gasteiger partial charge in [-0.05, 0) is 29.8 Å². The molecule has 3 N–H and O–H groups in total. The molecule has 0 aliphatic rings. The molecular formula is C19H21N5O4S. The Hall–Kier alpha value is -3.08. The zero-order chi connectivity index (χ0) is 20.9. The van der Waals surface area contributed by atoms with E-state index in [-0.39, 0.29) is 17.0 Å². The average molecular weight is 415 g/mol. The van der Waals surface area contributed by atoms with Crippen molar-refractivity contribution >= 4 is 32.7 Å². The van der Waals surface area contributed by atoms with E-state index >= 15 is 0 Å². The van der Waals surface area contributed by atoms with Crippen molar-refractivity contribution in [3.05, 3.63) is 60.4 Å². The van der Waals surface area contributed by atoms with E-state index in [1.165, 1.54) is 17.9 Å². The van der Waals surface area contributed by atoms with Crippen molar-refractivity contribution in [3.8, 4) is 0 Å². The molecule has 152 valence electrons. The Labute approximate surface area is 168 Å². The van der Waals surface area contributed by atoms with Gasteiger partial charge in [0.15, 0.2) is 0 Å². The first-order valence-corrected chi connectivity index (χ1v) is 10.4. The van der Waals surface area contributed by atoms with Crippen LogP contribution in [-0.2, 0) is 10.0 Å². The third-order valence-electron chi connectivity index (χ3n) is 4.37. The number of hydrogen-bond acceptors (Lipinski definition) is 7. The number of anilines is 1. The number of benzene rings is 2.